The van der Waals surface area contributed by atoms with E-state index in [9.17, 15) is 0 Å². The predicted octanol–water partition coefficient (Wildman–Crippen LogP) is 1.25. The van der Waals surface area contributed by atoms with Gasteiger partial charge in [-0.3, -0.25) is 0 Å². The number of nitrogens with one attached hydrogen (secondary N) is 1. The van der Waals surface area contributed by atoms with Crippen molar-refractivity contribution < 1.29 is 0 Å². The summed E-state index contributed by atoms with van der Waals surface area (Å²) >= 11 is 4.92. The number of nitrogens with zero attached hydrogens (tertiary/aromatic N) is 2. The van der Waals surface area contributed by atoms with Crippen LogP contribution < -0.4 is 5.32 Å². The van der Waals surface area contributed by atoms with Crippen LogP contribution in [-0.4, -0.2) is 36.0 Å². The molecule has 0 atom stereocenters. The maximum absolute atomic E-state index is 4.92. The first-order chi connectivity index (χ1) is 5.65. The van der Waals surface area contributed by atoms with Crippen LogP contribution >= 0.6 is 12.2 Å². The first-order valence-electron chi connectivity index (χ1n) is 4.17. The van der Waals surface area contributed by atoms with Crippen molar-refractivity contribution in [3.05, 3.63) is 0 Å². The molecule has 0 aromatic rings. The molecule has 0 fully saturated rings. The van der Waals surface area contributed by atoms with Gasteiger partial charge in [0.05, 0.1) is 0 Å². The van der Waals surface area contributed by atoms with Gasteiger partial charge in [-0.25, -0.2) is 4.99 Å². The Bertz CT molecular complexity index is 173. The summed E-state index contributed by atoms with van der Waals surface area (Å²) in [7, 11) is 1.78. The lowest BCUT2D eigenvalue weighted by Gasteiger charge is -2.19. The molecule has 0 heterocycles. The second-order valence-electron chi connectivity index (χ2n) is 2.39. The van der Waals surface area contributed by atoms with Crippen LogP contribution in [0.5, 0.6) is 0 Å². The Labute approximate surface area is 79.9 Å². The molecule has 0 aliphatic heterocycles. The Kier molecular flexibility index (Phi) is 5.62. The molecule has 0 aliphatic carbocycles. The highest BCUT2D eigenvalue weighted by Gasteiger charge is 2.00. The van der Waals surface area contributed by atoms with Gasteiger partial charge in [0.1, 0.15) is 5.84 Å². The van der Waals surface area contributed by atoms with Crippen molar-refractivity contribution in [3.8, 4) is 0 Å². The minimum absolute atomic E-state index is 0.541. The summed E-state index contributed by atoms with van der Waals surface area (Å²) in [6.45, 7) is 8.11. The van der Waals surface area contributed by atoms with Crippen LogP contribution in [0.1, 0.15) is 20.8 Å². The van der Waals surface area contributed by atoms with E-state index in [1.165, 1.54) is 0 Å². The van der Waals surface area contributed by atoms with Crippen LogP contribution in [0, 0.1) is 0 Å². The topological polar surface area (TPSA) is 27.6 Å². The highest BCUT2D eigenvalue weighted by molar-refractivity contribution is 7.80. The van der Waals surface area contributed by atoms with Gasteiger partial charge in [-0.1, -0.05) is 0 Å². The average molecular weight is 187 g/mol. The fourth-order valence-corrected chi connectivity index (χ4v) is 1.09. The highest BCUT2D eigenvalue weighted by Crippen LogP contribution is 1.91. The molecule has 0 spiro atoms. The zero-order valence-corrected chi connectivity index (χ0v) is 9.03. The summed E-state index contributed by atoms with van der Waals surface area (Å²) in [4.78, 5) is 6.36. The Hall–Kier alpha value is -0.640. The molecule has 12 heavy (non-hydrogen) atoms. The molecular weight excluding hydrogens is 170 g/mol. The molecule has 0 aliphatic rings. The fraction of sp³-hybridized carbons (Fsp3) is 0.750. The van der Waals surface area contributed by atoms with Gasteiger partial charge in [0.2, 0.25) is 0 Å². The van der Waals surface area contributed by atoms with Crippen LogP contribution in [0.2, 0.25) is 0 Å². The van der Waals surface area contributed by atoms with Crippen molar-refractivity contribution in [3.63, 3.8) is 0 Å². The number of hydrogen-bond acceptors (Lipinski definition) is 1. The van der Waals surface area contributed by atoms with Crippen molar-refractivity contribution in [2.75, 3.05) is 20.1 Å². The van der Waals surface area contributed by atoms with Crippen molar-refractivity contribution in [2.45, 2.75) is 20.8 Å². The van der Waals surface area contributed by atoms with E-state index in [1.54, 1.807) is 7.05 Å². The predicted molar refractivity (Wildman–Crippen MR) is 57.7 cm³/mol. The maximum atomic E-state index is 4.92. The monoisotopic (exact) mass is 187 g/mol. The molecule has 0 radical (unpaired) electrons. The van der Waals surface area contributed by atoms with Gasteiger partial charge >= 0.3 is 0 Å². The van der Waals surface area contributed by atoms with Crippen LogP contribution in [0.25, 0.3) is 0 Å². The average Bonchev–Trinajstić information content (AvgIpc) is 2.06. The van der Waals surface area contributed by atoms with Crippen LogP contribution in [0.4, 0.5) is 0 Å². The molecule has 0 aromatic heterocycles. The Morgan fingerprint density at radius 2 is 1.92 bits per heavy atom. The van der Waals surface area contributed by atoms with E-state index in [0.29, 0.717) is 5.11 Å². The zero-order chi connectivity index (χ0) is 9.56. The minimum atomic E-state index is 0.541. The van der Waals surface area contributed by atoms with Gasteiger partial charge in [-0.15, -0.1) is 0 Å². The van der Waals surface area contributed by atoms with Crippen molar-refractivity contribution >= 4 is 23.2 Å². The van der Waals surface area contributed by atoms with E-state index >= 15 is 0 Å². The SMILES string of the molecule is CCN(CC)C(C)=NC(=S)NC. The summed E-state index contributed by atoms with van der Waals surface area (Å²) in [6.07, 6.45) is 0. The summed E-state index contributed by atoms with van der Waals surface area (Å²) < 4.78 is 0. The quantitative estimate of drug-likeness (QED) is 0.400. The lowest BCUT2D eigenvalue weighted by atomic mass is 10.5. The fourth-order valence-electron chi connectivity index (χ4n) is 0.955. The summed E-state index contributed by atoms with van der Waals surface area (Å²) in [5.41, 5.74) is 0. The first-order valence-corrected chi connectivity index (χ1v) is 4.58. The first kappa shape index (κ1) is 11.4. The zero-order valence-electron chi connectivity index (χ0n) is 8.22. The Morgan fingerprint density at radius 3 is 2.25 bits per heavy atom. The third-order valence-electron chi connectivity index (χ3n) is 1.70. The maximum Gasteiger partial charge on any atom is 0.194 e. The lowest BCUT2D eigenvalue weighted by Crippen LogP contribution is -2.30. The molecule has 0 unspecified atom stereocenters. The van der Waals surface area contributed by atoms with E-state index < -0.39 is 0 Å². The Balaban J connectivity index is 4.23. The summed E-state index contributed by atoms with van der Waals surface area (Å²) in [5.74, 6) is 0.972. The number of amidine groups is 1. The van der Waals surface area contributed by atoms with Gasteiger partial charge in [0.15, 0.2) is 5.11 Å². The van der Waals surface area contributed by atoms with Crippen LogP contribution in [0.15, 0.2) is 4.99 Å². The molecular formula is C8H17N3S. The normalized spacial score (nSPS) is 11.2. The molecule has 1 N–H and O–H groups in total. The summed E-state index contributed by atoms with van der Waals surface area (Å²) in [6, 6.07) is 0. The van der Waals surface area contributed by atoms with Crippen molar-refractivity contribution in [2.24, 2.45) is 4.99 Å². The van der Waals surface area contributed by atoms with Gasteiger partial charge in [0.25, 0.3) is 0 Å². The van der Waals surface area contributed by atoms with Gasteiger partial charge in [-0.05, 0) is 33.0 Å². The van der Waals surface area contributed by atoms with E-state index in [-0.39, 0.29) is 0 Å². The van der Waals surface area contributed by atoms with E-state index in [2.05, 4.69) is 29.1 Å². The van der Waals surface area contributed by atoms with Gasteiger partial charge in [0, 0.05) is 20.1 Å². The van der Waals surface area contributed by atoms with Gasteiger partial charge < -0.3 is 10.2 Å². The lowest BCUT2D eigenvalue weighted by molar-refractivity contribution is 0.463. The third-order valence-corrected chi connectivity index (χ3v) is 1.99. The number of hydrogen-bond donors (Lipinski definition) is 1. The molecule has 0 aromatic carbocycles. The summed E-state index contributed by atoms with van der Waals surface area (Å²) in [5, 5.41) is 3.36. The van der Waals surface area contributed by atoms with Crippen LogP contribution in [-0.2, 0) is 0 Å². The second kappa shape index (κ2) is 5.94. The Morgan fingerprint density at radius 1 is 1.42 bits per heavy atom. The second-order valence-corrected chi connectivity index (χ2v) is 2.77. The minimum Gasteiger partial charge on any atom is -0.364 e. The molecule has 0 saturated carbocycles. The van der Waals surface area contributed by atoms with Crippen molar-refractivity contribution in [1.29, 1.82) is 0 Å². The molecule has 70 valence electrons. The highest BCUT2D eigenvalue weighted by atomic mass is 32.1. The van der Waals surface area contributed by atoms with Crippen molar-refractivity contribution in [1.82, 2.24) is 10.2 Å². The number of rotatable bonds is 2. The standard InChI is InChI=1S/C8H17N3S/c1-5-11(6-2)7(3)10-8(12)9-4/h5-6H2,1-4H3,(H,9,12). The van der Waals surface area contributed by atoms with E-state index in [0.717, 1.165) is 18.9 Å². The number of aliphatic imine (C=N–C) groups is 1. The van der Waals surface area contributed by atoms with Crippen LogP contribution in [0.3, 0.4) is 0 Å². The molecule has 0 saturated heterocycles. The third kappa shape index (κ3) is 3.67. The molecule has 0 amide bonds. The smallest absolute Gasteiger partial charge is 0.194 e. The molecule has 0 rings (SSSR count). The van der Waals surface area contributed by atoms with E-state index in [1.807, 2.05) is 6.92 Å². The van der Waals surface area contributed by atoms with E-state index in [4.69, 9.17) is 12.2 Å². The molecule has 0 bridgehead atoms. The molecule has 3 nitrogen and oxygen atoms in total. The largest absolute Gasteiger partial charge is 0.364 e. The molecule has 4 heteroatoms. The van der Waals surface area contributed by atoms with Gasteiger partial charge in [-0.2, -0.15) is 0 Å². The number of thiocarbonyl (C=S) groups is 1.